The third kappa shape index (κ3) is 11.6. The Hall–Kier alpha value is -0.370. The fourth-order valence-electron chi connectivity index (χ4n) is 3.46. The molecule has 168 valence electrons. The predicted octanol–water partition coefficient (Wildman–Crippen LogP) is 5.06. The quantitative estimate of drug-likeness (QED) is 0.374. The lowest BCUT2D eigenvalue weighted by Gasteiger charge is -2.36. The van der Waals surface area contributed by atoms with Gasteiger partial charge in [-0.2, -0.15) is 13.2 Å². The second-order valence-electron chi connectivity index (χ2n) is 8.30. The highest BCUT2D eigenvalue weighted by Crippen LogP contribution is 2.32. The minimum atomic E-state index is -4.31. The van der Waals surface area contributed by atoms with Crippen molar-refractivity contribution >= 4 is 0 Å². The molecule has 4 nitrogen and oxygen atoms in total. The molecule has 1 saturated heterocycles. The van der Waals surface area contributed by atoms with E-state index in [-0.39, 0.29) is 31.7 Å². The summed E-state index contributed by atoms with van der Waals surface area (Å²) in [5.74, 6) is 0.0793. The molecule has 7 heteroatoms. The topological polar surface area (TPSA) is 30.9 Å². The van der Waals surface area contributed by atoms with Crippen molar-refractivity contribution in [1.82, 2.24) is 4.90 Å². The molecule has 1 aliphatic rings. The molecule has 0 aromatic rings. The van der Waals surface area contributed by atoms with Gasteiger partial charge in [-0.05, 0) is 85.2 Å². The maximum absolute atomic E-state index is 13.3. The zero-order valence-electron chi connectivity index (χ0n) is 18.1. The molecule has 0 N–H and O–H groups in total. The largest absolute Gasteiger partial charge is 0.414 e. The van der Waals surface area contributed by atoms with Crippen LogP contribution >= 0.6 is 0 Å². The van der Waals surface area contributed by atoms with Gasteiger partial charge >= 0.3 is 6.18 Å². The Labute approximate surface area is 169 Å². The summed E-state index contributed by atoms with van der Waals surface area (Å²) in [4.78, 5) is 2.32. The number of hydrogen-bond acceptors (Lipinski definition) is 4. The first-order chi connectivity index (χ1) is 13.2. The molecule has 0 aromatic carbocycles. The van der Waals surface area contributed by atoms with Crippen LogP contribution in [0.15, 0.2) is 0 Å². The van der Waals surface area contributed by atoms with Crippen LogP contribution in [-0.2, 0) is 14.2 Å². The van der Waals surface area contributed by atoms with E-state index in [0.29, 0.717) is 12.6 Å². The van der Waals surface area contributed by atoms with Crippen molar-refractivity contribution in [2.75, 3.05) is 39.5 Å². The molecule has 0 saturated carbocycles. The third-order valence-electron chi connectivity index (χ3n) is 5.22. The van der Waals surface area contributed by atoms with Gasteiger partial charge in [0.05, 0.1) is 19.3 Å². The smallest absolute Gasteiger partial charge is 0.379 e. The van der Waals surface area contributed by atoms with E-state index in [1.165, 1.54) is 0 Å². The van der Waals surface area contributed by atoms with E-state index in [9.17, 15) is 13.2 Å². The zero-order valence-corrected chi connectivity index (χ0v) is 18.1. The van der Waals surface area contributed by atoms with Crippen molar-refractivity contribution in [1.29, 1.82) is 0 Å². The van der Waals surface area contributed by atoms with Crippen molar-refractivity contribution in [3.8, 4) is 0 Å². The summed E-state index contributed by atoms with van der Waals surface area (Å²) in [5, 5.41) is 0. The molecular formula is C21H40F3NO3. The first-order valence-electron chi connectivity index (χ1n) is 10.8. The van der Waals surface area contributed by atoms with Crippen molar-refractivity contribution < 1.29 is 27.4 Å². The number of halogens is 3. The molecule has 1 fully saturated rings. The van der Waals surface area contributed by atoms with Gasteiger partial charge in [0.25, 0.3) is 0 Å². The number of unbranched alkanes of at least 4 members (excludes halogenated alkanes) is 2. The summed E-state index contributed by atoms with van der Waals surface area (Å²) in [5.41, 5.74) is 0. The maximum atomic E-state index is 13.3. The standard InChI is InChI=1S/C21H40F3NO3/c1-17(2)25-10-8-19(9-11-25)16-20(21(22,23)24)28-15-14-26-12-6-5-7-13-27-18(3)4/h17-20H,5-16H2,1-4H3. The second-order valence-corrected chi connectivity index (χ2v) is 8.30. The Morgan fingerprint density at radius 1 is 0.857 bits per heavy atom. The van der Waals surface area contributed by atoms with Crippen LogP contribution in [-0.4, -0.2) is 68.8 Å². The molecule has 0 radical (unpaired) electrons. The van der Waals surface area contributed by atoms with Crippen LogP contribution in [0.1, 0.15) is 66.2 Å². The number of hydrogen-bond donors (Lipinski definition) is 0. The summed E-state index contributed by atoms with van der Waals surface area (Å²) >= 11 is 0. The van der Waals surface area contributed by atoms with E-state index >= 15 is 0 Å². The van der Waals surface area contributed by atoms with Crippen LogP contribution in [0.2, 0.25) is 0 Å². The van der Waals surface area contributed by atoms with Gasteiger partial charge in [-0.3, -0.25) is 0 Å². The first-order valence-corrected chi connectivity index (χ1v) is 10.8. The molecule has 1 heterocycles. The van der Waals surface area contributed by atoms with Crippen molar-refractivity contribution in [2.24, 2.45) is 5.92 Å². The Morgan fingerprint density at radius 2 is 1.50 bits per heavy atom. The summed E-state index contributed by atoms with van der Waals surface area (Å²) < 4.78 is 55.9. The number of likely N-dealkylation sites (tertiary alicyclic amines) is 1. The normalized spacial score (nSPS) is 18.3. The van der Waals surface area contributed by atoms with Crippen LogP contribution in [0.5, 0.6) is 0 Å². The second kappa shape index (κ2) is 13.8. The number of rotatable bonds is 14. The highest BCUT2D eigenvalue weighted by Gasteiger charge is 2.42. The minimum absolute atomic E-state index is 0.00846. The van der Waals surface area contributed by atoms with Crippen molar-refractivity contribution in [2.45, 2.75) is 90.6 Å². The van der Waals surface area contributed by atoms with Gasteiger partial charge < -0.3 is 19.1 Å². The Morgan fingerprint density at radius 3 is 2.07 bits per heavy atom. The lowest BCUT2D eigenvalue weighted by molar-refractivity contribution is -0.228. The Balaban J connectivity index is 2.14. The summed E-state index contributed by atoms with van der Waals surface area (Å²) in [6.07, 6.45) is -1.21. The minimum Gasteiger partial charge on any atom is -0.379 e. The van der Waals surface area contributed by atoms with Gasteiger partial charge in [0.15, 0.2) is 6.10 Å². The van der Waals surface area contributed by atoms with Gasteiger partial charge in [-0.1, -0.05) is 0 Å². The highest BCUT2D eigenvalue weighted by atomic mass is 19.4. The maximum Gasteiger partial charge on any atom is 0.414 e. The molecule has 1 aliphatic heterocycles. The van der Waals surface area contributed by atoms with Crippen LogP contribution in [0.25, 0.3) is 0 Å². The molecule has 0 aromatic heterocycles. The van der Waals surface area contributed by atoms with Crippen molar-refractivity contribution in [3.05, 3.63) is 0 Å². The SMILES string of the molecule is CC(C)OCCCCCOCCOC(CC1CCN(C(C)C)CC1)C(F)(F)F. The van der Waals surface area contributed by atoms with E-state index in [1.54, 1.807) is 0 Å². The number of ether oxygens (including phenoxy) is 3. The van der Waals surface area contributed by atoms with Crippen molar-refractivity contribution in [3.63, 3.8) is 0 Å². The van der Waals surface area contributed by atoms with Gasteiger partial charge in [0, 0.05) is 19.3 Å². The molecule has 28 heavy (non-hydrogen) atoms. The summed E-state index contributed by atoms with van der Waals surface area (Å²) in [6, 6.07) is 0.454. The molecule has 1 rings (SSSR count). The summed E-state index contributed by atoms with van der Waals surface area (Å²) in [7, 11) is 0. The van der Waals surface area contributed by atoms with Gasteiger partial charge in [-0.25, -0.2) is 0 Å². The molecule has 1 atom stereocenters. The molecule has 0 spiro atoms. The molecule has 0 aliphatic carbocycles. The summed E-state index contributed by atoms with van der Waals surface area (Å²) in [6.45, 7) is 11.5. The molecule has 0 bridgehead atoms. The number of piperidine rings is 1. The number of nitrogens with zero attached hydrogens (tertiary/aromatic N) is 1. The zero-order chi connectivity index (χ0) is 21.0. The number of alkyl halides is 3. The van der Waals surface area contributed by atoms with E-state index in [1.807, 2.05) is 13.8 Å². The van der Waals surface area contributed by atoms with Crippen LogP contribution in [0.3, 0.4) is 0 Å². The Bertz CT molecular complexity index is 384. The predicted molar refractivity (Wildman–Crippen MR) is 106 cm³/mol. The van der Waals surface area contributed by atoms with Crippen LogP contribution in [0, 0.1) is 5.92 Å². The van der Waals surface area contributed by atoms with E-state index in [0.717, 1.165) is 51.8 Å². The fourth-order valence-corrected chi connectivity index (χ4v) is 3.46. The fraction of sp³-hybridized carbons (Fsp3) is 1.00. The molecular weight excluding hydrogens is 371 g/mol. The average Bonchev–Trinajstić information content (AvgIpc) is 2.61. The molecule has 1 unspecified atom stereocenters. The third-order valence-corrected chi connectivity index (χ3v) is 5.22. The van der Waals surface area contributed by atoms with E-state index in [2.05, 4.69) is 18.7 Å². The van der Waals surface area contributed by atoms with E-state index < -0.39 is 12.3 Å². The van der Waals surface area contributed by atoms with Crippen LogP contribution < -0.4 is 0 Å². The monoisotopic (exact) mass is 411 g/mol. The highest BCUT2D eigenvalue weighted by molar-refractivity contribution is 4.79. The first kappa shape index (κ1) is 25.7. The van der Waals surface area contributed by atoms with E-state index in [4.69, 9.17) is 14.2 Å². The van der Waals surface area contributed by atoms with Gasteiger partial charge in [0.2, 0.25) is 0 Å². The lowest BCUT2D eigenvalue weighted by Crippen LogP contribution is -2.41. The van der Waals surface area contributed by atoms with Gasteiger partial charge in [0.1, 0.15) is 0 Å². The van der Waals surface area contributed by atoms with Crippen LogP contribution in [0.4, 0.5) is 13.2 Å². The van der Waals surface area contributed by atoms with Gasteiger partial charge in [-0.15, -0.1) is 0 Å². The Kier molecular flexibility index (Phi) is 12.6. The lowest BCUT2D eigenvalue weighted by atomic mass is 9.90. The molecule has 0 amide bonds. The average molecular weight is 412 g/mol.